The van der Waals surface area contributed by atoms with E-state index in [0.717, 1.165) is 30.1 Å². The number of aromatic nitrogens is 1. The van der Waals surface area contributed by atoms with Gasteiger partial charge in [0.1, 0.15) is 0 Å². The van der Waals surface area contributed by atoms with Crippen molar-refractivity contribution >= 4 is 16.5 Å². The molecule has 0 saturated heterocycles. The number of anilines is 1. The first-order chi connectivity index (χ1) is 6.59. The molecular weight excluding hydrogens is 196 g/mol. The molecule has 0 spiro atoms. The van der Waals surface area contributed by atoms with E-state index in [1.165, 1.54) is 4.88 Å². The summed E-state index contributed by atoms with van der Waals surface area (Å²) in [7, 11) is 0. The molecule has 1 saturated carbocycles. The molecule has 0 bridgehead atoms. The number of rotatable bonds is 3. The van der Waals surface area contributed by atoms with Gasteiger partial charge in [0.25, 0.3) is 0 Å². The molecule has 0 aromatic carbocycles. The van der Waals surface area contributed by atoms with Gasteiger partial charge in [-0.05, 0) is 33.1 Å². The Balaban J connectivity index is 1.91. The molecule has 2 N–H and O–H groups in total. The van der Waals surface area contributed by atoms with Gasteiger partial charge in [0.05, 0.1) is 11.3 Å². The predicted octanol–water partition coefficient (Wildman–Crippen LogP) is 2.09. The average Bonchev–Trinajstić information content (AvgIpc) is 2.40. The van der Waals surface area contributed by atoms with Crippen molar-refractivity contribution in [3.8, 4) is 0 Å². The van der Waals surface area contributed by atoms with Gasteiger partial charge in [-0.25, -0.2) is 4.98 Å². The van der Waals surface area contributed by atoms with E-state index in [2.05, 4.69) is 17.2 Å². The Morgan fingerprint density at radius 3 is 2.64 bits per heavy atom. The number of aryl methyl sites for hydroxylation is 2. The van der Waals surface area contributed by atoms with Gasteiger partial charge < -0.3 is 10.4 Å². The molecule has 0 aliphatic heterocycles. The summed E-state index contributed by atoms with van der Waals surface area (Å²) in [5.74, 6) is 0. The third-order valence-electron chi connectivity index (χ3n) is 2.88. The standard InChI is InChI=1S/C10H16N2OS/c1-7-8(2)14-9(12-7)11-6-10(13)4-3-5-10/h13H,3-6H2,1-2H3,(H,11,12). The molecule has 1 aromatic heterocycles. The first-order valence-corrected chi connectivity index (χ1v) is 5.81. The summed E-state index contributed by atoms with van der Waals surface area (Å²) in [6.07, 6.45) is 2.99. The highest BCUT2D eigenvalue weighted by Crippen LogP contribution is 2.32. The second-order valence-electron chi connectivity index (χ2n) is 4.09. The lowest BCUT2D eigenvalue weighted by Gasteiger charge is -2.36. The smallest absolute Gasteiger partial charge is 0.183 e. The SMILES string of the molecule is Cc1nc(NCC2(O)CCC2)sc1C. The lowest BCUT2D eigenvalue weighted by atomic mass is 9.80. The van der Waals surface area contributed by atoms with E-state index in [1.807, 2.05) is 6.92 Å². The zero-order valence-electron chi connectivity index (χ0n) is 8.63. The van der Waals surface area contributed by atoms with E-state index in [4.69, 9.17) is 0 Å². The molecule has 1 aliphatic carbocycles. The number of aliphatic hydroxyl groups is 1. The minimum Gasteiger partial charge on any atom is -0.388 e. The van der Waals surface area contributed by atoms with Crippen molar-refractivity contribution in [1.82, 2.24) is 4.98 Å². The molecule has 1 aromatic rings. The average molecular weight is 212 g/mol. The monoisotopic (exact) mass is 212 g/mol. The van der Waals surface area contributed by atoms with Crippen molar-refractivity contribution in [2.24, 2.45) is 0 Å². The maximum absolute atomic E-state index is 9.86. The van der Waals surface area contributed by atoms with Crippen LogP contribution in [-0.4, -0.2) is 22.2 Å². The molecule has 1 heterocycles. The Kier molecular flexibility index (Phi) is 2.49. The summed E-state index contributed by atoms with van der Waals surface area (Å²) in [5, 5.41) is 14.0. The summed E-state index contributed by atoms with van der Waals surface area (Å²) >= 11 is 1.66. The molecule has 4 heteroatoms. The Bertz CT molecular complexity index is 311. The van der Waals surface area contributed by atoms with E-state index in [1.54, 1.807) is 11.3 Å². The number of nitrogens with zero attached hydrogens (tertiary/aromatic N) is 1. The fraction of sp³-hybridized carbons (Fsp3) is 0.700. The summed E-state index contributed by atoms with van der Waals surface area (Å²) in [6, 6.07) is 0. The summed E-state index contributed by atoms with van der Waals surface area (Å²) in [5.41, 5.74) is 0.617. The maximum Gasteiger partial charge on any atom is 0.183 e. The van der Waals surface area contributed by atoms with Crippen LogP contribution in [0, 0.1) is 13.8 Å². The summed E-state index contributed by atoms with van der Waals surface area (Å²) < 4.78 is 0. The van der Waals surface area contributed by atoms with E-state index < -0.39 is 5.60 Å². The highest BCUT2D eigenvalue weighted by Gasteiger charge is 2.34. The van der Waals surface area contributed by atoms with Crippen molar-refractivity contribution in [2.75, 3.05) is 11.9 Å². The van der Waals surface area contributed by atoms with Crippen LogP contribution in [0.25, 0.3) is 0 Å². The van der Waals surface area contributed by atoms with Crippen LogP contribution in [0.5, 0.6) is 0 Å². The zero-order chi connectivity index (χ0) is 10.2. The Morgan fingerprint density at radius 1 is 1.50 bits per heavy atom. The minimum atomic E-state index is -0.465. The van der Waals surface area contributed by atoms with Crippen molar-refractivity contribution in [2.45, 2.75) is 38.7 Å². The van der Waals surface area contributed by atoms with Gasteiger partial charge in [-0.1, -0.05) is 0 Å². The Labute approximate surface area is 88.2 Å². The second-order valence-corrected chi connectivity index (χ2v) is 5.30. The van der Waals surface area contributed by atoms with E-state index in [-0.39, 0.29) is 0 Å². The molecule has 3 nitrogen and oxygen atoms in total. The summed E-state index contributed by atoms with van der Waals surface area (Å²) in [6.45, 7) is 4.71. The highest BCUT2D eigenvalue weighted by molar-refractivity contribution is 7.15. The maximum atomic E-state index is 9.86. The van der Waals surface area contributed by atoms with Crippen molar-refractivity contribution < 1.29 is 5.11 Å². The van der Waals surface area contributed by atoms with Crippen LogP contribution >= 0.6 is 11.3 Å². The van der Waals surface area contributed by atoms with Crippen LogP contribution in [0.1, 0.15) is 29.8 Å². The Hall–Kier alpha value is -0.610. The van der Waals surface area contributed by atoms with Gasteiger partial charge in [0.2, 0.25) is 0 Å². The summed E-state index contributed by atoms with van der Waals surface area (Å²) in [4.78, 5) is 5.61. The van der Waals surface area contributed by atoms with E-state index >= 15 is 0 Å². The van der Waals surface area contributed by atoms with Crippen LogP contribution in [0.3, 0.4) is 0 Å². The molecule has 2 rings (SSSR count). The normalized spacial score (nSPS) is 19.1. The topological polar surface area (TPSA) is 45.2 Å². The molecule has 1 aliphatic rings. The Morgan fingerprint density at radius 2 is 2.21 bits per heavy atom. The predicted molar refractivity (Wildman–Crippen MR) is 58.9 cm³/mol. The first kappa shape index (κ1) is 9.93. The third-order valence-corrected chi connectivity index (χ3v) is 3.91. The number of nitrogens with one attached hydrogen (secondary N) is 1. The first-order valence-electron chi connectivity index (χ1n) is 4.99. The molecule has 14 heavy (non-hydrogen) atoms. The van der Waals surface area contributed by atoms with E-state index in [0.29, 0.717) is 6.54 Å². The zero-order valence-corrected chi connectivity index (χ0v) is 9.45. The van der Waals surface area contributed by atoms with Crippen molar-refractivity contribution in [3.63, 3.8) is 0 Å². The minimum absolute atomic E-state index is 0.465. The fourth-order valence-electron chi connectivity index (χ4n) is 1.55. The van der Waals surface area contributed by atoms with Crippen LogP contribution in [0.2, 0.25) is 0 Å². The molecular formula is C10H16N2OS. The van der Waals surface area contributed by atoms with Gasteiger partial charge in [-0.2, -0.15) is 0 Å². The van der Waals surface area contributed by atoms with Crippen LogP contribution in [0.15, 0.2) is 0 Å². The lowest BCUT2D eigenvalue weighted by Crippen LogP contribution is -2.43. The largest absolute Gasteiger partial charge is 0.388 e. The second kappa shape index (κ2) is 3.51. The molecule has 78 valence electrons. The van der Waals surface area contributed by atoms with E-state index in [9.17, 15) is 5.11 Å². The molecule has 0 unspecified atom stereocenters. The lowest BCUT2D eigenvalue weighted by molar-refractivity contribution is -0.0202. The van der Waals surface area contributed by atoms with Gasteiger partial charge >= 0.3 is 0 Å². The van der Waals surface area contributed by atoms with Gasteiger partial charge in [0, 0.05) is 11.4 Å². The van der Waals surface area contributed by atoms with Gasteiger partial charge in [0.15, 0.2) is 5.13 Å². The number of thiazole rings is 1. The number of hydrogen-bond acceptors (Lipinski definition) is 4. The van der Waals surface area contributed by atoms with Gasteiger partial charge in [-0.15, -0.1) is 11.3 Å². The molecule has 0 radical (unpaired) electrons. The van der Waals surface area contributed by atoms with Crippen molar-refractivity contribution in [1.29, 1.82) is 0 Å². The fourth-order valence-corrected chi connectivity index (χ4v) is 2.36. The highest BCUT2D eigenvalue weighted by atomic mass is 32.1. The third kappa shape index (κ3) is 1.91. The van der Waals surface area contributed by atoms with Crippen LogP contribution in [-0.2, 0) is 0 Å². The van der Waals surface area contributed by atoms with Gasteiger partial charge in [-0.3, -0.25) is 0 Å². The van der Waals surface area contributed by atoms with Crippen LogP contribution in [0.4, 0.5) is 5.13 Å². The molecule has 0 atom stereocenters. The molecule has 0 amide bonds. The van der Waals surface area contributed by atoms with Crippen LogP contribution < -0.4 is 5.32 Å². The number of hydrogen-bond donors (Lipinski definition) is 2. The van der Waals surface area contributed by atoms with Crippen molar-refractivity contribution in [3.05, 3.63) is 10.6 Å². The molecule has 1 fully saturated rings. The quantitative estimate of drug-likeness (QED) is 0.806.